The van der Waals surface area contributed by atoms with Crippen LogP contribution in [0.2, 0.25) is 0 Å². The number of hydrogen-bond donors (Lipinski definition) is 2. The molecule has 2 N–H and O–H groups in total. The first-order valence-corrected chi connectivity index (χ1v) is 7.50. The van der Waals surface area contributed by atoms with Crippen molar-refractivity contribution in [1.82, 2.24) is 0 Å². The summed E-state index contributed by atoms with van der Waals surface area (Å²) in [5, 5.41) is 29.0. The van der Waals surface area contributed by atoms with Gasteiger partial charge in [-0.25, -0.2) is 10.0 Å². The number of hydrogen-bond acceptors (Lipinski definition) is 4. The van der Waals surface area contributed by atoms with Crippen LogP contribution in [0.25, 0.3) is 0 Å². The van der Waals surface area contributed by atoms with Gasteiger partial charge >= 0.3 is 5.91 Å². The molecule has 114 valence electrons. The Balaban J connectivity index is 3.30. The fraction of sp³-hybridized carbons (Fsp3) is 0.929. The number of carbonyl (C=O) groups is 1. The SMILES string of the molecule is CC[N+]([O-])(O)C(=O)CCCCCCCCCCCO. The van der Waals surface area contributed by atoms with Gasteiger partial charge in [0.05, 0.1) is 6.42 Å². The second kappa shape index (κ2) is 11.3. The standard InChI is InChI=1S/C14H29NO4/c1-2-15(18,19)14(17)12-10-8-6-4-3-5-7-9-11-13-16/h16,18H,2-13H2,1H3. The molecule has 1 atom stereocenters. The highest BCUT2D eigenvalue weighted by molar-refractivity contribution is 5.68. The molecule has 19 heavy (non-hydrogen) atoms. The Bertz CT molecular complexity index is 231. The lowest BCUT2D eigenvalue weighted by atomic mass is 10.1. The van der Waals surface area contributed by atoms with Crippen LogP contribution in [0.1, 0.15) is 71.1 Å². The molecule has 0 aromatic carbocycles. The number of nitrogens with zero attached hydrogens (tertiary/aromatic N) is 1. The molecule has 1 unspecified atom stereocenters. The molecule has 5 nitrogen and oxygen atoms in total. The minimum Gasteiger partial charge on any atom is -0.591 e. The Morgan fingerprint density at radius 3 is 1.79 bits per heavy atom. The van der Waals surface area contributed by atoms with E-state index >= 15 is 0 Å². The van der Waals surface area contributed by atoms with Crippen molar-refractivity contribution in [1.29, 1.82) is 0 Å². The number of hydroxylamine groups is 4. The van der Waals surface area contributed by atoms with E-state index in [2.05, 4.69) is 0 Å². The fourth-order valence-electron chi connectivity index (χ4n) is 1.98. The number of aliphatic hydroxyl groups is 1. The molecule has 0 rings (SSSR count). The van der Waals surface area contributed by atoms with Gasteiger partial charge in [-0.15, -0.1) is 0 Å². The molecule has 0 aromatic heterocycles. The molecule has 0 spiro atoms. The van der Waals surface area contributed by atoms with Crippen molar-refractivity contribution in [3.05, 3.63) is 5.21 Å². The Kier molecular flexibility index (Phi) is 11.1. The topological polar surface area (TPSA) is 80.6 Å². The molecule has 0 aliphatic rings. The molecular formula is C14H29NO4. The summed E-state index contributed by atoms with van der Waals surface area (Å²) >= 11 is 0. The van der Waals surface area contributed by atoms with Crippen molar-refractivity contribution in [3.8, 4) is 0 Å². The van der Waals surface area contributed by atoms with Crippen molar-refractivity contribution >= 4 is 5.91 Å². The van der Waals surface area contributed by atoms with Gasteiger partial charge in [0, 0.05) is 6.61 Å². The van der Waals surface area contributed by atoms with Gasteiger partial charge in [-0.1, -0.05) is 44.9 Å². The summed E-state index contributed by atoms with van der Waals surface area (Å²) in [7, 11) is 0. The molecule has 0 radical (unpaired) electrons. The number of carbonyl (C=O) groups excluding carboxylic acids is 1. The monoisotopic (exact) mass is 275 g/mol. The molecule has 0 aromatic rings. The molecule has 0 heterocycles. The van der Waals surface area contributed by atoms with Gasteiger partial charge in [-0.05, 0) is 19.8 Å². The minimum absolute atomic E-state index is 0.118. The second-order valence-corrected chi connectivity index (χ2v) is 5.07. The zero-order valence-electron chi connectivity index (χ0n) is 12.1. The zero-order chi connectivity index (χ0) is 14.6. The highest BCUT2D eigenvalue weighted by Gasteiger charge is 2.22. The van der Waals surface area contributed by atoms with Crippen molar-refractivity contribution in [2.24, 2.45) is 0 Å². The molecule has 0 saturated carbocycles. The van der Waals surface area contributed by atoms with E-state index in [0.717, 1.165) is 32.1 Å². The van der Waals surface area contributed by atoms with Crippen molar-refractivity contribution < 1.29 is 19.9 Å². The average Bonchev–Trinajstić information content (AvgIpc) is 2.40. The van der Waals surface area contributed by atoms with Crippen LogP contribution in [-0.4, -0.2) is 34.2 Å². The van der Waals surface area contributed by atoms with Crippen molar-refractivity contribution in [2.45, 2.75) is 71.1 Å². The van der Waals surface area contributed by atoms with E-state index in [1.165, 1.54) is 26.2 Å². The van der Waals surface area contributed by atoms with E-state index in [1.807, 2.05) is 0 Å². The third-order valence-electron chi connectivity index (χ3n) is 3.37. The summed E-state index contributed by atoms with van der Waals surface area (Å²) in [4.78, 5) is 9.59. The summed E-state index contributed by atoms with van der Waals surface area (Å²) < 4.78 is 0. The minimum atomic E-state index is -1.73. The molecule has 0 aliphatic carbocycles. The van der Waals surface area contributed by atoms with Gasteiger partial charge in [-0.2, -0.15) is 4.81 Å². The number of rotatable bonds is 12. The lowest BCUT2D eigenvalue weighted by Gasteiger charge is -2.28. The summed E-state index contributed by atoms with van der Waals surface area (Å²) in [6.45, 7) is 1.67. The smallest absolute Gasteiger partial charge is 0.345 e. The predicted molar refractivity (Wildman–Crippen MR) is 74.2 cm³/mol. The first kappa shape index (κ1) is 18.5. The Morgan fingerprint density at radius 2 is 1.37 bits per heavy atom. The number of quaternary nitrogens is 1. The molecule has 5 heteroatoms. The maximum Gasteiger partial charge on any atom is 0.345 e. The van der Waals surface area contributed by atoms with Crippen LogP contribution in [-0.2, 0) is 4.79 Å². The lowest BCUT2D eigenvalue weighted by Crippen LogP contribution is -2.43. The van der Waals surface area contributed by atoms with Gasteiger partial charge in [0.15, 0.2) is 0 Å². The second-order valence-electron chi connectivity index (χ2n) is 5.07. The maximum atomic E-state index is 11.3. The predicted octanol–water partition coefficient (Wildman–Crippen LogP) is 3.13. The summed E-state index contributed by atoms with van der Waals surface area (Å²) in [6, 6.07) is 0. The zero-order valence-corrected chi connectivity index (χ0v) is 12.1. The molecule has 0 saturated heterocycles. The maximum absolute atomic E-state index is 11.3. The normalized spacial score (nSPS) is 14.3. The van der Waals surface area contributed by atoms with Gasteiger partial charge in [0.25, 0.3) is 0 Å². The largest absolute Gasteiger partial charge is 0.591 e. The van der Waals surface area contributed by atoms with Crippen LogP contribution in [0.15, 0.2) is 0 Å². The van der Waals surface area contributed by atoms with Crippen molar-refractivity contribution in [2.75, 3.05) is 13.2 Å². The fourth-order valence-corrected chi connectivity index (χ4v) is 1.98. The highest BCUT2D eigenvalue weighted by atomic mass is 16.8. The van der Waals surface area contributed by atoms with Crippen LogP contribution in [0.3, 0.4) is 0 Å². The third-order valence-corrected chi connectivity index (χ3v) is 3.37. The van der Waals surface area contributed by atoms with Crippen LogP contribution in [0.5, 0.6) is 0 Å². The van der Waals surface area contributed by atoms with Crippen LogP contribution in [0.4, 0.5) is 0 Å². The number of aliphatic hydroxyl groups excluding tert-OH is 1. The van der Waals surface area contributed by atoms with E-state index in [4.69, 9.17) is 10.3 Å². The number of amides is 1. The van der Waals surface area contributed by atoms with E-state index in [9.17, 15) is 10.0 Å². The molecule has 1 amide bonds. The molecule has 0 aliphatic heterocycles. The average molecular weight is 275 g/mol. The van der Waals surface area contributed by atoms with Gasteiger partial charge < -0.3 is 10.3 Å². The van der Waals surface area contributed by atoms with Crippen LogP contribution >= 0.6 is 0 Å². The highest BCUT2D eigenvalue weighted by Crippen LogP contribution is 2.12. The van der Waals surface area contributed by atoms with Gasteiger partial charge in [-0.3, -0.25) is 0 Å². The Hall–Kier alpha value is -0.490. The molecule has 0 fully saturated rings. The first-order valence-electron chi connectivity index (χ1n) is 7.50. The van der Waals surface area contributed by atoms with Crippen LogP contribution in [0, 0.1) is 5.21 Å². The van der Waals surface area contributed by atoms with Crippen molar-refractivity contribution in [3.63, 3.8) is 0 Å². The first-order chi connectivity index (χ1) is 9.04. The molecule has 0 bridgehead atoms. The summed E-state index contributed by atoms with van der Waals surface area (Å²) in [5.74, 6) is -0.633. The van der Waals surface area contributed by atoms with Gasteiger partial charge in [0.2, 0.25) is 0 Å². The van der Waals surface area contributed by atoms with E-state index in [1.54, 1.807) is 0 Å². The quantitative estimate of drug-likeness (QED) is 0.248. The number of unbranched alkanes of at least 4 members (excludes halogenated alkanes) is 8. The van der Waals surface area contributed by atoms with Crippen LogP contribution < -0.4 is 0 Å². The van der Waals surface area contributed by atoms with E-state index in [0.29, 0.717) is 6.42 Å². The third kappa shape index (κ3) is 10.0. The molecular weight excluding hydrogens is 246 g/mol. The Labute approximate surface area is 116 Å². The van der Waals surface area contributed by atoms with E-state index < -0.39 is 10.7 Å². The summed E-state index contributed by atoms with van der Waals surface area (Å²) in [5.41, 5.74) is 0. The van der Waals surface area contributed by atoms with Gasteiger partial charge in [0.1, 0.15) is 6.54 Å². The van der Waals surface area contributed by atoms with E-state index in [-0.39, 0.29) is 19.6 Å². The summed E-state index contributed by atoms with van der Waals surface area (Å²) in [6.07, 6.45) is 9.58. The Morgan fingerprint density at radius 1 is 0.947 bits per heavy atom. The lowest BCUT2D eigenvalue weighted by molar-refractivity contribution is -0.998.